The van der Waals surface area contributed by atoms with E-state index in [1.807, 2.05) is 38.1 Å². The lowest BCUT2D eigenvalue weighted by Gasteiger charge is -2.35. The van der Waals surface area contributed by atoms with Crippen molar-refractivity contribution in [1.82, 2.24) is 4.90 Å². The largest absolute Gasteiger partial charge is 0.351 e. The highest BCUT2D eigenvalue weighted by atomic mass is 35.5. The molecular weight excluding hydrogens is 236 g/mol. The zero-order chi connectivity index (χ0) is 12.6. The summed E-state index contributed by atoms with van der Waals surface area (Å²) in [6.07, 6.45) is 0.902. The third kappa shape index (κ3) is 2.00. The number of nitrogens with zero attached hydrogens (tertiary/aromatic N) is 1. The predicted molar refractivity (Wildman–Crippen MR) is 69.2 cm³/mol. The lowest BCUT2D eigenvalue weighted by Crippen LogP contribution is -2.47. The van der Waals surface area contributed by atoms with Crippen LogP contribution in [-0.4, -0.2) is 23.0 Å². The predicted octanol–water partition coefficient (Wildman–Crippen LogP) is 2.99. The van der Waals surface area contributed by atoms with Crippen LogP contribution in [0.2, 0.25) is 5.02 Å². The van der Waals surface area contributed by atoms with Gasteiger partial charge in [-0.15, -0.1) is 0 Å². The van der Waals surface area contributed by atoms with Gasteiger partial charge in [0.25, 0.3) is 0 Å². The van der Waals surface area contributed by atoms with E-state index < -0.39 is 0 Å². The second kappa shape index (κ2) is 4.22. The standard InChI is InChI=1S/C13H17ClN2O/c1-13(2)10(7-8-16(13)12(15)17)9-5-3-4-6-11(9)14/h3-6,10H,7-8H2,1-2H3,(H2,15,17). The number of rotatable bonds is 1. The van der Waals surface area contributed by atoms with Gasteiger partial charge in [0.05, 0.1) is 0 Å². The molecule has 1 aliphatic heterocycles. The number of carbonyl (C=O) groups excluding carboxylic acids is 1. The Hall–Kier alpha value is -1.22. The van der Waals surface area contributed by atoms with E-state index in [9.17, 15) is 4.79 Å². The summed E-state index contributed by atoms with van der Waals surface area (Å²) < 4.78 is 0. The van der Waals surface area contributed by atoms with Gasteiger partial charge in [-0.1, -0.05) is 29.8 Å². The summed E-state index contributed by atoms with van der Waals surface area (Å²) in [7, 11) is 0. The van der Waals surface area contributed by atoms with Gasteiger partial charge in [-0.3, -0.25) is 0 Å². The second-order valence-corrected chi connectivity index (χ2v) is 5.41. The Morgan fingerprint density at radius 2 is 2.12 bits per heavy atom. The number of halogens is 1. The number of nitrogens with two attached hydrogens (primary N) is 1. The topological polar surface area (TPSA) is 46.3 Å². The van der Waals surface area contributed by atoms with Crippen molar-refractivity contribution in [3.8, 4) is 0 Å². The molecule has 1 saturated heterocycles. The summed E-state index contributed by atoms with van der Waals surface area (Å²) in [5, 5.41) is 0.761. The smallest absolute Gasteiger partial charge is 0.315 e. The van der Waals surface area contributed by atoms with Crippen LogP contribution in [0.3, 0.4) is 0 Å². The number of primary amides is 1. The lowest BCUT2D eigenvalue weighted by molar-refractivity contribution is 0.167. The van der Waals surface area contributed by atoms with Gasteiger partial charge in [-0.25, -0.2) is 4.79 Å². The van der Waals surface area contributed by atoms with Crippen LogP contribution in [0, 0.1) is 0 Å². The molecule has 1 aromatic carbocycles. The maximum Gasteiger partial charge on any atom is 0.315 e. The van der Waals surface area contributed by atoms with Crippen LogP contribution in [0.25, 0.3) is 0 Å². The SMILES string of the molecule is CC1(C)C(c2ccccc2Cl)CCN1C(N)=O. The van der Waals surface area contributed by atoms with Crippen LogP contribution < -0.4 is 5.73 Å². The molecule has 2 N–H and O–H groups in total. The minimum absolute atomic E-state index is 0.240. The zero-order valence-corrected chi connectivity index (χ0v) is 10.9. The Morgan fingerprint density at radius 3 is 2.65 bits per heavy atom. The number of hydrogen-bond donors (Lipinski definition) is 1. The van der Waals surface area contributed by atoms with Crippen LogP contribution in [0.1, 0.15) is 31.7 Å². The van der Waals surface area contributed by atoms with Crippen molar-refractivity contribution in [2.75, 3.05) is 6.54 Å². The fourth-order valence-corrected chi connectivity index (χ4v) is 3.04. The molecule has 1 heterocycles. The van der Waals surface area contributed by atoms with Gasteiger partial charge < -0.3 is 10.6 Å². The van der Waals surface area contributed by atoms with Gasteiger partial charge in [-0.2, -0.15) is 0 Å². The van der Waals surface area contributed by atoms with Crippen molar-refractivity contribution in [3.05, 3.63) is 34.9 Å². The molecule has 0 aromatic heterocycles. The van der Waals surface area contributed by atoms with Crippen molar-refractivity contribution >= 4 is 17.6 Å². The van der Waals surface area contributed by atoms with Gasteiger partial charge in [0.15, 0.2) is 0 Å². The first-order chi connectivity index (χ1) is 7.94. The van der Waals surface area contributed by atoms with E-state index in [0.717, 1.165) is 17.0 Å². The van der Waals surface area contributed by atoms with E-state index in [1.54, 1.807) is 4.90 Å². The Labute approximate surface area is 107 Å². The van der Waals surface area contributed by atoms with E-state index in [2.05, 4.69) is 0 Å². The van der Waals surface area contributed by atoms with Crippen molar-refractivity contribution in [2.24, 2.45) is 5.73 Å². The molecule has 92 valence electrons. The van der Waals surface area contributed by atoms with E-state index in [-0.39, 0.29) is 17.5 Å². The number of benzene rings is 1. The molecule has 1 atom stereocenters. The first kappa shape index (κ1) is 12.2. The molecule has 2 rings (SSSR count). The molecular formula is C13H17ClN2O. The van der Waals surface area contributed by atoms with Gasteiger partial charge in [0, 0.05) is 23.0 Å². The maximum atomic E-state index is 11.4. The second-order valence-electron chi connectivity index (χ2n) is 5.01. The molecule has 0 spiro atoms. The normalized spacial score (nSPS) is 22.8. The van der Waals surface area contributed by atoms with Crippen LogP contribution in [0.4, 0.5) is 4.79 Å². The Bertz CT molecular complexity index is 445. The fourth-order valence-electron chi connectivity index (χ4n) is 2.78. The van der Waals surface area contributed by atoms with E-state index in [1.165, 1.54) is 0 Å². The lowest BCUT2D eigenvalue weighted by atomic mass is 9.83. The van der Waals surface area contributed by atoms with Gasteiger partial charge in [0.2, 0.25) is 0 Å². The molecule has 0 aliphatic carbocycles. The van der Waals surface area contributed by atoms with Gasteiger partial charge >= 0.3 is 6.03 Å². The summed E-state index contributed by atoms with van der Waals surface area (Å²) in [4.78, 5) is 13.1. The van der Waals surface area contributed by atoms with Crippen LogP contribution in [-0.2, 0) is 0 Å². The number of hydrogen-bond acceptors (Lipinski definition) is 1. The molecule has 1 aromatic rings. The fraction of sp³-hybridized carbons (Fsp3) is 0.462. The first-order valence-electron chi connectivity index (χ1n) is 5.76. The first-order valence-corrected chi connectivity index (χ1v) is 6.14. The minimum atomic E-state index is -0.357. The van der Waals surface area contributed by atoms with Crippen molar-refractivity contribution in [2.45, 2.75) is 31.7 Å². The average Bonchev–Trinajstić information content (AvgIpc) is 2.54. The van der Waals surface area contributed by atoms with E-state index in [4.69, 9.17) is 17.3 Å². The Morgan fingerprint density at radius 1 is 1.47 bits per heavy atom. The molecule has 0 radical (unpaired) electrons. The Balaban J connectivity index is 2.36. The highest BCUT2D eigenvalue weighted by Gasteiger charge is 2.44. The van der Waals surface area contributed by atoms with Gasteiger partial charge in [-0.05, 0) is 31.9 Å². The van der Waals surface area contributed by atoms with Gasteiger partial charge in [0.1, 0.15) is 0 Å². The number of carbonyl (C=O) groups is 1. The quantitative estimate of drug-likeness (QED) is 0.821. The van der Waals surface area contributed by atoms with Crippen molar-refractivity contribution in [3.63, 3.8) is 0 Å². The molecule has 4 heteroatoms. The highest BCUT2D eigenvalue weighted by Crippen LogP contribution is 2.43. The van der Waals surface area contributed by atoms with E-state index in [0.29, 0.717) is 6.54 Å². The molecule has 1 aliphatic rings. The summed E-state index contributed by atoms with van der Waals surface area (Å²) in [6, 6.07) is 7.45. The third-order valence-corrected chi connectivity index (χ3v) is 4.08. The monoisotopic (exact) mass is 252 g/mol. The Kier molecular flexibility index (Phi) is 3.04. The van der Waals surface area contributed by atoms with Crippen LogP contribution >= 0.6 is 11.6 Å². The molecule has 17 heavy (non-hydrogen) atoms. The summed E-state index contributed by atoms with van der Waals surface area (Å²) in [5.74, 6) is 0.240. The van der Waals surface area contributed by atoms with Crippen LogP contribution in [0.15, 0.2) is 24.3 Å². The molecule has 0 bridgehead atoms. The van der Waals surface area contributed by atoms with Crippen LogP contribution in [0.5, 0.6) is 0 Å². The highest BCUT2D eigenvalue weighted by molar-refractivity contribution is 6.31. The minimum Gasteiger partial charge on any atom is -0.351 e. The maximum absolute atomic E-state index is 11.4. The molecule has 1 fully saturated rings. The number of likely N-dealkylation sites (tertiary alicyclic amines) is 1. The van der Waals surface area contributed by atoms with Crippen molar-refractivity contribution < 1.29 is 4.79 Å². The summed E-state index contributed by atoms with van der Waals surface area (Å²) in [6.45, 7) is 4.77. The molecule has 2 amide bonds. The third-order valence-electron chi connectivity index (χ3n) is 3.74. The number of amides is 2. The molecule has 3 nitrogen and oxygen atoms in total. The number of urea groups is 1. The molecule has 1 unspecified atom stereocenters. The summed E-state index contributed by atoms with van der Waals surface area (Å²) in [5.41, 5.74) is 6.22. The molecule has 0 saturated carbocycles. The summed E-state index contributed by atoms with van der Waals surface area (Å²) >= 11 is 6.22. The average molecular weight is 253 g/mol. The zero-order valence-electron chi connectivity index (χ0n) is 10.1. The van der Waals surface area contributed by atoms with E-state index >= 15 is 0 Å². The van der Waals surface area contributed by atoms with Crippen molar-refractivity contribution in [1.29, 1.82) is 0 Å².